The van der Waals surface area contributed by atoms with Crippen LogP contribution in [-0.2, 0) is 9.53 Å². The third-order valence-electron chi connectivity index (χ3n) is 5.22. The number of hydrogen-bond donors (Lipinski definition) is 0. The van der Waals surface area contributed by atoms with E-state index in [0.717, 1.165) is 18.3 Å². The van der Waals surface area contributed by atoms with Gasteiger partial charge in [-0.3, -0.25) is 4.79 Å². The lowest BCUT2D eigenvalue weighted by atomic mass is 9.78. The van der Waals surface area contributed by atoms with Gasteiger partial charge in [-0.05, 0) is 18.3 Å². The fourth-order valence-electron chi connectivity index (χ4n) is 3.66. The van der Waals surface area contributed by atoms with Crippen molar-refractivity contribution in [3.8, 4) is 0 Å². The molecule has 0 aromatic heterocycles. The van der Waals surface area contributed by atoms with E-state index in [-0.39, 0.29) is 5.97 Å². The Bertz CT molecular complexity index is 262. The minimum Gasteiger partial charge on any atom is -0.469 e. The third kappa shape index (κ3) is 9.16. The van der Waals surface area contributed by atoms with Crippen LogP contribution in [0, 0.1) is 11.8 Å². The molecule has 1 aliphatic carbocycles. The van der Waals surface area contributed by atoms with Crippen LogP contribution in [0.3, 0.4) is 0 Å². The summed E-state index contributed by atoms with van der Waals surface area (Å²) in [5.74, 6) is 1.94. The zero-order chi connectivity index (χ0) is 15.3. The summed E-state index contributed by atoms with van der Waals surface area (Å²) in [4.78, 5) is 11.0. The van der Waals surface area contributed by atoms with Crippen molar-refractivity contribution in [2.75, 3.05) is 7.11 Å². The molecular weight excluding hydrogens is 260 g/mol. The Morgan fingerprint density at radius 1 is 0.905 bits per heavy atom. The Morgan fingerprint density at radius 2 is 1.48 bits per heavy atom. The molecule has 21 heavy (non-hydrogen) atoms. The molecule has 0 saturated heterocycles. The average Bonchev–Trinajstić information content (AvgIpc) is 2.50. The number of carbonyl (C=O) groups is 1. The van der Waals surface area contributed by atoms with Crippen LogP contribution in [0.15, 0.2) is 0 Å². The molecule has 0 heterocycles. The van der Waals surface area contributed by atoms with E-state index in [1.54, 1.807) is 0 Å². The zero-order valence-electron chi connectivity index (χ0n) is 14.4. The first-order valence-electron chi connectivity index (χ1n) is 9.31. The lowest BCUT2D eigenvalue weighted by molar-refractivity contribution is -0.140. The quantitative estimate of drug-likeness (QED) is 0.351. The minimum atomic E-state index is -0.0630. The van der Waals surface area contributed by atoms with Crippen molar-refractivity contribution in [2.45, 2.75) is 96.8 Å². The summed E-state index contributed by atoms with van der Waals surface area (Å²) in [6, 6.07) is 0. The van der Waals surface area contributed by atoms with Gasteiger partial charge in [0, 0.05) is 6.42 Å². The fraction of sp³-hybridized carbons (Fsp3) is 0.947. The predicted octanol–water partition coefficient (Wildman–Crippen LogP) is 5.89. The van der Waals surface area contributed by atoms with E-state index in [1.165, 1.54) is 84.2 Å². The van der Waals surface area contributed by atoms with Gasteiger partial charge in [-0.25, -0.2) is 0 Å². The van der Waals surface area contributed by atoms with E-state index in [4.69, 9.17) is 0 Å². The van der Waals surface area contributed by atoms with Crippen molar-refractivity contribution in [3.05, 3.63) is 0 Å². The second kappa shape index (κ2) is 12.1. The molecule has 0 amide bonds. The molecule has 0 aromatic carbocycles. The summed E-state index contributed by atoms with van der Waals surface area (Å²) in [7, 11) is 1.47. The topological polar surface area (TPSA) is 26.3 Å². The van der Waals surface area contributed by atoms with E-state index in [2.05, 4.69) is 11.7 Å². The van der Waals surface area contributed by atoms with Gasteiger partial charge in [-0.1, -0.05) is 84.0 Å². The number of esters is 1. The smallest absolute Gasteiger partial charge is 0.305 e. The molecule has 0 aliphatic heterocycles. The van der Waals surface area contributed by atoms with Gasteiger partial charge in [-0.15, -0.1) is 0 Å². The number of rotatable bonds is 11. The summed E-state index contributed by atoms with van der Waals surface area (Å²) >= 11 is 0. The highest BCUT2D eigenvalue weighted by Crippen LogP contribution is 2.33. The van der Waals surface area contributed by atoms with Crippen LogP contribution in [0.1, 0.15) is 96.8 Å². The van der Waals surface area contributed by atoms with Crippen LogP contribution in [0.25, 0.3) is 0 Å². The van der Waals surface area contributed by atoms with Crippen LogP contribution in [0.4, 0.5) is 0 Å². The highest BCUT2D eigenvalue weighted by Gasteiger charge is 2.20. The van der Waals surface area contributed by atoms with Crippen LogP contribution in [0.2, 0.25) is 0 Å². The fourth-order valence-corrected chi connectivity index (χ4v) is 3.66. The Hall–Kier alpha value is -0.530. The van der Waals surface area contributed by atoms with Gasteiger partial charge >= 0.3 is 5.97 Å². The highest BCUT2D eigenvalue weighted by molar-refractivity contribution is 5.68. The van der Waals surface area contributed by atoms with E-state index < -0.39 is 0 Å². The Labute approximate surface area is 132 Å². The van der Waals surface area contributed by atoms with Gasteiger partial charge in [0.15, 0.2) is 0 Å². The molecule has 1 fully saturated rings. The molecule has 0 radical (unpaired) electrons. The minimum absolute atomic E-state index is 0.0630. The summed E-state index contributed by atoms with van der Waals surface area (Å²) in [6.45, 7) is 2.46. The second-order valence-corrected chi connectivity index (χ2v) is 6.97. The van der Waals surface area contributed by atoms with Crippen LogP contribution in [0.5, 0.6) is 0 Å². The SMILES string of the molecule is COC(=O)CCCCCCCCCCC1CCCCC1C. The van der Waals surface area contributed by atoms with Crippen molar-refractivity contribution in [1.82, 2.24) is 0 Å². The van der Waals surface area contributed by atoms with Gasteiger partial charge in [0.05, 0.1) is 7.11 Å². The molecule has 1 aliphatic rings. The molecule has 0 bridgehead atoms. The molecular formula is C19H36O2. The van der Waals surface area contributed by atoms with E-state index in [1.807, 2.05) is 0 Å². The third-order valence-corrected chi connectivity index (χ3v) is 5.22. The summed E-state index contributed by atoms with van der Waals surface area (Å²) in [5, 5.41) is 0. The summed E-state index contributed by atoms with van der Waals surface area (Å²) in [5.41, 5.74) is 0. The Balaban J connectivity index is 1.81. The molecule has 2 heteroatoms. The maximum atomic E-state index is 11.0. The molecule has 2 atom stereocenters. The first-order chi connectivity index (χ1) is 10.2. The highest BCUT2D eigenvalue weighted by atomic mass is 16.5. The maximum absolute atomic E-state index is 11.0. The second-order valence-electron chi connectivity index (χ2n) is 6.97. The summed E-state index contributed by atoms with van der Waals surface area (Å²) in [6.07, 6.45) is 18.4. The van der Waals surface area contributed by atoms with Crippen LogP contribution >= 0.6 is 0 Å². The maximum Gasteiger partial charge on any atom is 0.305 e. The normalized spacial score (nSPS) is 22.2. The number of methoxy groups -OCH3 is 1. The van der Waals surface area contributed by atoms with Crippen molar-refractivity contribution in [3.63, 3.8) is 0 Å². The molecule has 2 unspecified atom stereocenters. The monoisotopic (exact) mass is 296 g/mol. The van der Waals surface area contributed by atoms with Gasteiger partial charge in [0.25, 0.3) is 0 Å². The van der Waals surface area contributed by atoms with Gasteiger partial charge in [0.1, 0.15) is 0 Å². The van der Waals surface area contributed by atoms with E-state index in [9.17, 15) is 4.79 Å². The summed E-state index contributed by atoms with van der Waals surface area (Å²) < 4.78 is 4.64. The standard InChI is InChI=1S/C19H36O2/c1-17-13-11-12-15-18(17)14-9-7-5-3-4-6-8-10-16-19(20)21-2/h17-18H,3-16H2,1-2H3. The lowest BCUT2D eigenvalue weighted by Gasteiger charge is -2.28. The lowest BCUT2D eigenvalue weighted by Crippen LogP contribution is -2.16. The number of unbranched alkanes of at least 4 members (excludes halogenated alkanes) is 7. The average molecular weight is 296 g/mol. The number of hydrogen-bond acceptors (Lipinski definition) is 2. The van der Waals surface area contributed by atoms with Gasteiger partial charge in [0.2, 0.25) is 0 Å². The van der Waals surface area contributed by atoms with Crippen molar-refractivity contribution < 1.29 is 9.53 Å². The van der Waals surface area contributed by atoms with Crippen LogP contribution in [-0.4, -0.2) is 13.1 Å². The Morgan fingerprint density at radius 3 is 2.10 bits per heavy atom. The molecule has 124 valence electrons. The first kappa shape index (κ1) is 18.5. The number of ether oxygens (including phenoxy) is 1. The molecule has 0 N–H and O–H groups in total. The molecule has 2 nitrogen and oxygen atoms in total. The predicted molar refractivity (Wildman–Crippen MR) is 89.3 cm³/mol. The van der Waals surface area contributed by atoms with Crippen molar-refractivity contribution >= 4 is 5.97 Å². The van der Waals surface area contributed by atoms with Crippen LogP contribution < -0.4 is 0 Å². The van der Waals surface area contributed by atoms with E-state index in [0.29, 0.717) is 6.42 Å². The zero-order valence-corrected chi connectivity index (χ0v) is 14.4. The first-order valence-corrected chi connectivity index (χ1v) is 9.31. The molecule has 1 saturated carbocycles. The molecule has 0 spiro atoms. The molecule has 1 rings (SSSR count). The van der Waals surface area contributed by atoms with Gasteiger partial charge < -0.3 is 4.74 Å². The van der Waals surface area contributed by atoms with E-state index >= 15 is 0 Å². The van der Waals surface area contributed by atoms with Crippen molar-refractivity contribution in [1.29, 1.82) is 0 Å². The van der Waals surface area contributed by atoms with Crippen molar-refractivity contribution in [2.24, 2.45) is 11.8 Å². The largest absolute Gasteiger partial charge is 0.469 e. The molecule has 0 aromatic rings. The Kier molecular flexibility index (Phi) is 10.6. The number of carbonyl (C=O) groups excluding carboxylic acids is 1. The van der Waals surface area contributed by atoms with Gasteiger partial charge in [-0.2, -0.15) is 0 Å².